The van der Waals surface area contributed by atoms with Gasteiger partial charge >= 0.3 is 0 Å². The van der Waals surface area contributed by atoms with Crippen molar-refractivity contribution in [2.75, 3.05) is 29.9 Å². The standard InChI is InChI=1S/C18H25N5O.ClH/c19-15-10-21-17(20)23-16(15)22-11-18(12-24)8-14(9-18)7-6-13-4-2-1-3-5-13;/h1-5,10,14,24H,6-9,11-12,19H2,(H3,20,21,22,23);1H. The van der Waals surface area contributed by atoms with E-state index in [9.17, 15) is 5.11 Å². The molecule has 1 aromatic heterocycles. The van der Waals surface area contributed by atoms with E-state index in [1.165, 1.54) is 11.8 Å². The molecular weight excluding hydrogens is 338 g/mol. The Morgan fingerprint density at radius 1 is 1.20 bits per heavy atom. The molecule has 0 saturated heterocycles. The molecule has 3 rings (SSSR count). The smallest absolute Gasteiger partial charge is 0.222 e. The first-order valence-corrected chi connectivity index (χ1v) is 8.37. The van der Waals surface area contributed by atoms with Crippen LogP contribution >= 0.6 is 12.4 Å². The monoisotopic (exact) mass is 363 g/mol. The molecule has 25 heavy (non-hydrogen) atoms. The van der Waals surface area contributed by atoms with Crippen LogP contribution in [-0.4, -0.2) is 28.2 Å². The van der Waals surface area contributed by atoms with Crippen molar-refractivity contribution in [3.05, 3.63) is 42.1 Å². The van der Waals surface area contributed by atoms with Crippen LogP contribution in [0.1, 0.15) is 24.8 Å². The lowest BCUT2D eigenvalue weighted by atomic mass is 9.61. The molecule has 0 amide bonds. The van der Waals surface area contributed by atoms with Gasteiger partial charge in [-0.2, -0.15) is 4.98 Å². The fourth-order valence-corrected chi connectivity index (χ4v) is 3.53. The Kier molecular flexibility index (Phi) is 6.45. The third-order valence-corrected chi connectivity index (χ3v) is 4.93. The molecule has 1 aliphatic rings. The van der Waals surface area contributed by atoms with Crippen LogP contribution in [0, 0.1) is 11.3 Å². The summed E-state index contributed by atoms with van der Waals surface area (Å²) >= 11 is 0. The Hall–Kier alpha value is -2.05. The van der Waals surface area contributed by atoms with Gasteiger partial charge in [0.25, 0.3) is 0 Å². The summed E-state index contributed by atoms with van der Waals surface area (Å²) in [6, 6.07) is 10.5. The molecule has 2 aromatic rings. The minimum absolute atomic E-state index is 0. The van der Waals surface area contributed by atoms with Gasteiger partial charge in [0.2, 0.25) is 5.95 Å². The van der Waals surface area contributed by atoms with Crippen LogP contribution in [-0.2, 0) is 6.42 Å². The summed E-state index contributed by atoms with van der Waals surface area (Å²) in [6.07, 6.45) is 5.79. The number of benzene rings is 1. The second-order valence-electron chi connectivity index (χ2n) is 6.84. The van der Waals surface area contributed by atoms with E-state index in [0.717, 1.165) is 25.7 Å². The second kappa shape index (κ2) is 8.36. The number of aliphatic hydroxyl groups is 1. The predicted octanol–water partition coefficient (Wildman–Crippen LogP) is 2.50. The van der Waals surface area contributed by atoms with Crippen LogP contribution in [0.4, 0.5) is 17.5 Å². The summed E-state index contributed by atoms with van der Waals surface area (Å²) in [6.45, 7) is 0.814. The zero-order valence-corrected chi connectivity index (χ0v) is 15.0. The van der Waals surface area contributed by atoms with Crippen molar-refractivity contribution in [2.45, 2.75) is 25.7 Å². The summed E-state index contributed by atoms with van der Waals surface area (Å²) in [4.78, 5) is 7.97. The highest BCUT2D eigenvalue weighted by atomic mass is 35.5. The summed E-state index contributed by atoms with van der Waals surface area (Å²) in [5.41, 5.74) is 13.2. The van der Waals surface area contributed by atoms with E-state index in [0.29, 0.717) is 24.0 Å². The molecule has 1 heterocycles. The highest BCUT2D eigenvalue weighted by Crippen LogP contribution is 2.47. The van der Waals surface area contributed by atoms with Gasteiger partial charge in [-0.15, -0.1) is 12.4 Å². The summed E-state index contributed by atoms with van der Waals surface area (Å²) < 4.78 is 0. The maximum atomic E-state index is 9.81. The van der Waals surface area contributed by atoms with Gasteiger partial charge in [-0.25, -0.2) is 4.98 Å². The lowest BCUT2D eigenvalue weighted by Gasteiger charge is -2.47. The van der Waals surface area contributed by atoms with E-state index in [-0.39, 0.29) is 30.4 Å². The van der Waals surface area contributed by atoms with Gasteiger partial charge < -0.3 is 21.9 Å². The first kappa shape index (κ1) is 19.3. The van der Waals surface area contributed by atoms with Crippen molar-refractivity contribution in [1.29, 1.82) is 0 Å². The SMILES string of the molecule is Cl.Nc1ncc(N)c(NCC2(CO)CC(CCc3ccccc3)C2)n1. The maximum Gasteiger partial charge on any atom is 0.222 e. The van der Waals surface area contributed by atoms with E-state index in [1.807, 2.05) is 6.07 Å². The Balaban J connectivity index is 0.00000225. The van der Waals surface area contributed by atoms with Crippen molar-refractivity contribution in [3.8, 4) is 0 Å². The van der Waals surface area contributed by atoms with E-state index < -0.39 is 0 Å². The minimum Gasteiger partial charge on any atom is -0.396 e. The molecule has 0 unspecified atom stereocenters. The number of hydrogen-bond acceptors (Lipinski definition) is 6. The average Bonchev–Trinajstić information content (AvgIpc) is 2.57. The van der Waals surface area contributed by atoms with Crippen molar-refractivity contribution < 1.29 is 5.11 Å². The van der Waals surface area contributed by atoms with Gasteiger partial charge in [0.05, 0.1) is 18.5 Å². The molecule has 0 spiro atoms. The van der Waals surface area contributed by atoms with E-state index >= 15 is 0 Å². The van der Waals surface area contributed by atoms with Crippen LogP contribution in [0.15, 0.2) is 36.5 Å². The number of hydrogen-bond donors (Lipinski definition) is 4. The van der Waals surface area contributed by atoms with Gasteiger partial charge in [0.1, 0.15) is 0 Å². The van der Waals surface area contributed by atoms with E-state index in [1.54, 1.807) is 0 Å². The first-order valence-electron chi connectivity index (χ1n) is 8.37. The molecule has 136 valence electrons. The highest BCUT2D eigenvalue weighted by Gasteiger charge is 2.43. The number of halogens is 1. The van der Waals surface area contributed by atoms with Crippen LogP contribution in [0.5, 0.6) is 0 Å². The molecule has 0 aliphatic heterocycles. The molecule has 0 bridgehead atoms. The summed E-state index contributed by atoms with van der Waals surface area (Å²) in [7, 11) is 0. The van der Waals surface area contributed by atoms with Crippen molar-refractivity contribution in [1.82, 2.24) is 9.97 Å². The average molecular weight is 364 g/mol. The number of nitrogens with two attached hydrogens (primary N) is 2. The van der Waals surface area contributed by atoms with Crippen LogP contribution in [0.25, 0.3) is 0 Å². The third kappa shape index (κ3) is 4.74. The van der Waals surface area contributed by atoms with Crippen molar-refractivity contribution >= 4 is 29.9 Å². The van der Waals surface area contributed by atoms with Crippen molar-refractivity contribution in [3.63, 3.8) is 0 Å². The lowest BCUT2D eigenvalue weighted by Crippen LogP contribution is -2.45. The summed E-state index contributed by atoms with van der Waals surface area (Å²) in [5.74, 6) is 1.40. The molecule has 7 heteroatoms. The number of aryl methyl sites for hydroxylation is 1. The number of anilines is 3. The zero-order valence-electron chi connectivity index (χ0n) is 14.2. The molecule has 1 saturated carbocycles. The molecular formula is C18H26ClN5O. The van der Waals surface area contributed by atoms with Crippen molar-refractivity contribution in [2.24, 2.45) is 11.3 Å². The Morgan fingerprint density at radius 3 is 2.60 bits per heavy atom. The normalized spacial score (nSPS) is 21.9. The number of nitrogen functional groups attached to an aromatic ring is 2. The highest BCUT2D eigenvalue weighted by molar-refractivity contribution is 5.85. The van der Waals surface area contributed by atoms with Crippen LogP contribution < -0.4 is 16.8 Å². The number of rotatable bonds is 7. The Bertz CT molecular complexity index is 676. The maximum absolute atomic E-state index is 9.81. The second-order valence-corrected chi connectivity index (χ2v) is 6.84. The molecule has 1 fully saturated rings. The number of aromatic nitrogens is 2. The van der Waals surface area contributed by atoms with Gasteiger partial charge in [-0.05, 0) is 37.2 Å². The molecule has 0 atom stereocenters. The van der Waals surface area contributed by atoms with Crippen LogP contribution in [0.3, 0.4) is 0 Å². The minimum atomic E-state index is -0.0898. The molecule has 6 N–H and O–H groups in total. The van der Waals surface area contributed by atoms with Gasteiger partial charge in [0.15, 0.2) is 5.82 Å². The molecule has 0 radical (unpaired) electrons. The number of nitrogens with one attached hydrogen (secondary N) is 1. The number of aliphatic hydroxyl groups excluding tert-OH is 1. The predicted molar refractivity (Wildman–Crippen MR) is 104 cm³/mol. The fourth-order valence-electron chi connectivity index (χ4n) is 3.53. The fraction of sp³-hybridized carbons (Fsp3) is 0.444. The third-order valence-electron chi connectivity index (χ3n) is 4.93. The number of nitrogens with zero attached hydrogens (tertiary/aromatic N) is 2. The van der Waals surface area contributed by atoms with Gasteiger partial charge in [0, 0.05) is 12.0 Å². The topological polar surface area (TPSA) is 110 Å². The van der Waals surface area contributed by atoms with Gasteiger partial charge in [-0.1, -0.05) is 30.3 Å². The molecule has 6 nitrogen and oxygen atoms in total. The quantitative estimate of drug-likeness (QED) is 0.601. The summed E-state index contributed by atoms with van der Waals surface area (Å²) in [5, 5.41) is 13.0. The van der Waals surface area contributed by atoms with E-state index in [4.69, 9.17) is 11.5 Å². The zero-order chi connectivity index (χ0) is 17.0. The first-order chi connectivity index (χ1) is 11.6. The van der Waals surface area contributed by atoms with Crippen LogP contribution in [0.2, 0.25) is 0 Å². The van der Waals surface area contributed by atoms with Gasteiger partial charge in [-0.3, -0.25) is 0 Å². The Labute approximate surface area is 154 Å². The largest absolute Gasteiger partial charge is 0.396 e. The molecule has 1 aromatic carbocycles. The molecule has 1 aliphatic carbocycles. The van der Waals surface area contributed by atoms with E-state index in [2.05, 4.69) is 39.6 Å². The Morgan fingerprint density at radius 2 is 1.92 bits per heavy atom. The lowest BCUT2D eigenvalue weighted by molar-refractivity contribution is 0.00303.